The minimum absolute atomic E-state index is 0.0907. The number of nitrogens with zero attached hydrogens (tertiary/aromatic N) is 1. The van der Waals surface area contributed by atoms with E-state index in [-0.39, 0.29) is 18.2 Å². The van der Waals surface area contributed by atoms with Gasteiger partial charge in [-0.2, -0.15) is 0 Å². The molecule has 0 aliphatic rings. The van der Waals surface area contributed by atoms with Gasteiger partial charge in [0.25, 0.3) is 0 Å². The normalized spacial score (nSPS) is 10.6. The van der Waals surface area contributed by atoms with E-state index >= 15 is 0 Å². The van der Waals surface area contributed by atoms with Gasteiger partial charge in [-0.15, -0.1) is 0 Å². The number of amides is 2. The number of carbonyl (C=O) groups is 2. The molecule has 0 saturated carbocycles. The first-order valence-corrected chi connectivity index (χ1v) is 5.18. The van der Waals surface area contributed by atoms with Gasteiger partial charge in [0.1, 0.15) is 5.84 Å². The second-order valence-electron chi connectivity index (χ2n) is 3.30. The maximum atomic E-state index is 11.5. The zero-order valence-corrected chi connectivity index (χ0v) is 9.84. The van der Waals surface area contributed by atoms with E-state index in [9.17, 15) is 9.59 Å². The molecule has 96 valence electrons. The van der Waals surface area contributed by atoms with E-state index in [4.69, 9.17) is 5.73 Å². The van der Waals surface area contributed by atoms with Gasteiger partial charge in [-0.3, -0.25) is 9.63 Å². The molecule has 0 aliphatic carbocycles. The summed E-state index contributed by atoms with van der Waals surface area (Å²) in [6, 6.07) is 8.91. The van der Waals surface area contributed by atoms with Crippen molar-refractivity contribution in [2.75, 3.05) is 12.4 Å². The first-order chi connectivity index (χ1) is 8.61. The summed E-state index contributed by atoms with van der Waals surface area (Å²) in [6.07, 6.45) is -0.910. The molecule has 0 fully saturated rings. The van der Waals surface area contributed by atoms with Crippen LogP contribution in [0.15, 0.2) is 35.5 Å². The highest BCUT2D eigenvalue weighted by atomic mass is 16.7. The summed E-state index contributed by atoms with van der Waals surface area (Å²) in [5.41, 5.74) is 6.07. The van der Waals surface area contributed by atoms with Gasteiger partial charge in [0, 0.05) is 12.7 Å². The van der Waals surface area contributed by atoms with Gasteiger partial charge >= 0.3 is 6.09 Å². The molecule has 7 nitrogen and oxygen atoms in total. The third-order valence-electron chi connectivity index (χ3n) is 1.85. The highest BCUT2D eigenvalue weighted by Crippen LogP contribution is 2.05. The fourth-order valence-electron chi connectivity index (χ4n) is 1.07. The molecule has 0 aromatic heterocycles. The average molecular weight is 250 g/mol. The van der Waals surface area contributed by atoms with Crippen molar-refractivity contribution in [3.8, 4) is 0 Å². The average Bonchev–Trinajstić information content (AvgIpc) is 2.37. The lowest BCUT2D eigenvalue weighted by Crippen LogP contribution is -2.24. The number of carbonyl (C=O) groups excluding carboxylic acids is 2. The molecule has 0 spiro atoms. The van der Waals surface area contributed by atoms with Crippen LogP contribution in [0.5, 0.6) is 0 Å². The molecule has 18 heavy (non-hydrogen) atoms. The number of oxime groups is 1. The van der Waals surface area contributed by atoms with Crippen molar-refractivity contribution in [2.45, 2.75) is 6.42 Å². The van der Waals surface area contributed by atoms with E-state index in [1.165, 1.54) is 7.05 Å². The van der Waals surface area contributed by atoms with Gasteiger partial charge < -0.3 is 16.4 Å². The van der Waals surface area contributed by atoms with Crippen LogP contribution in [0.4, 0.5) is 10.5 Å². The SMILES string of the molecule is CNC(=O)ON=C(N)CC(=O)Nc1ccccc1. The Morgan fingerprint density at radius 2 is 2.00 bits per heavy atom. The lowest BCUT2D eigenvalue weighted by atomic mass is 10.3. The molecule has 0 radical (unpaired) electrons. The van der Waals surface area contributed by atoms with Gasteiger partial charge in [-0.1, -0.05) is 23.4 Å². The van der Waals surface area contributed by atoms with Crippen LogP contribution in [0.25, 0.3) is 0 Å². The smallest absolute Gasteiger partial charge is 0.384 e. The molecule has 1 aromatic rings. The molecule has 0 saturated heterocycles. The first-order valence-electron chi connectivity index (χ1n) is 5.18. The number of amidine groups is 1. The summed E-state index contributed by atoms with van der Waals surface area (Å²) in [5, 5.41) is 8.11. The van der Waals surface area contributed by atoms with Crippen LogP contribution < -0.4 is 16.4 Å². The number of para-hydroxylation sites is 1. The third kappa shape index (κ3) is 4.97. The third-order valence-corrected chi connectivity index (χ3v) is 1.85. The fraction of sp³-hybridized carbons (Fsp3) is 0.182. The molecule has 7 heteroatoms. The number of hydrogen-bond donors (Lipinski definition) is 3. The fourth-order valence-corrected chi connectivity index (χ4v) is 1.07. The molecule has 0 aliphatic heterocycles. The molecule has 0 heterocycles. The van der Waals surface area contributed by atoms with Gasteiger partial charge in [-0.05, 0) is 12.1 Å². The summed E-state index contributed by atoms with van der Waals surface area (Å²) < 4.78 is 0. The van der Waals surface area contributed by atoms with E-state index in [0.29, 0.717) is 5.69 Å². The van der Waals surface area contributed by atoms with Gasteiger partial charge in [0.05, 0.1) is 6.42 Å². The predicted molar refractivity (Wildman–Crippen MR) is 66.9 cm³/mol. The Balaban J connectivity index is 2.42. The van der Waals surface area contributed by atoms with Crippen molar-refractivity contribution in [3.05, 3.63) is 30.3 Å². The predicted octanol–water partition coefficient (Wildman–Crippen LogP) is 0.643. The molecule has 4 N–H and O–H groups in total. The van der Waals surface area contributed by atoms with Crippen LogP contribution in [-0.2, 0) is 9.63 Å². The van der Waals surface area contributed by atoms with E-state index in [1.807, 2.05) is 6.07 Å². The lowest BCUT2D eigenvalue weighted by Gasteiger charge is -2.04. The Morgan fingerprint density at radius 3 is 2.61 bits per heavy atom. The lowest BCUT2D eigenvalue weighted by molar-refractivity contribution is -0.115. The Hall–Kier alpha value is -2.57. The van der Waals surface area contributed by atoms with Crippen LogP contribution in [-0.4, -0.2) is 24.9 Å². The van der Waals surface area contributed by atoms with Crippen LogP contribution in [0.1, 0.15) is 6.42 Å². The van der Waals surface area contributed by atoms with Crippen molar-refractivity contribution in [1.29, 1.82) is 0 Å². The minimum atomic E-state index is -0.749. The number of benzene rings is 1. The van der Waals surface area contributed by atoms with Crippen LogP contribution >= 0.6 is 0 Å². The van der Waals surface area contributed by atoms with E-state index in [1.54, 1.807) is 24.3 Å². The molecular formula is C11H14N4O3. The summed E-state index contributed by atoms with van der Waals surface area (Å²) in [7, 11) is 1.39. The van der Waals surface area contributed by atoms with Crippen molar-refractivity contribution >= 4 is 23.5 Å². The zero-order valence-electron chi connectivity index (χ0n) is 9.84. The monoisotopic (exact) mass is 250 g/mol. The minimum Gasteiger partial charge on any atom is -0.384 e. The van der Waals surface area contributed by atoms with E-state index in [0.717, 1.165) is 0 Å². The highest BCUT2D eigenvalue weighted by Gasteiger charge is 2.06. The van der Waals surface area contributed by atoms with Crippen molar-refractivity contribution in [1.82, 2.24) is 5.32 Å². The van der Waals surface area contributed by atoms with Crippen molar-refractivity contribution in [3.63, 3.8) is 0 Å². The standard InChI is InChI=1S/C11H14N4O3/c1-13-11(17)18-15-9(12)7-10(16)14-8-5-3-2-4-6-8/h2-6H,7H2,1H3,(H2,12,15)(H,13,17)(H,14,16). The summed E-state index contributed by atoms with van der Waals surface area (Å²) in [6.45, 7) is 0. The summed E-state index contributed by atoms with van der Waals surface area (Å²) in [5.74, 6) is -0.435. The summed E-state index contributed by atoms with van der Waals surface area (Å²) >= 11 is 0. The van der Waals surface area contributed by atoms with Crippen molar-refractivity contribution in [2.24, 2.45) is 10.9 Å². The molecular weight excluding hydrogens is 236 g/mol. The highest BCUT2D eigenvalue weighted by molar-refractivity contribution is 6.04. The Labute approximate surface area is 104 Å². The van der Waals surface area contributed by atoms with Crippen molar-refractivity contribution < 1.29 is 14.4 Å². The quantitative estimate of drug-likeness (QED) is 0.315. The number of nitrogens with one attached hydrogen (secondary N) is 2. The molecule has 0 bridgehead atoms. The summed E-state index contributed by atoms with van der Waals surface area (Å²) in [4.78, 5) is 26.5. The van der Waals surface area contributed by atoms with Crippen LogP contribution in [0, 0.1) is 0 Å². The number of hydrogen-bond acceptors (Lipinski definition) is 4. The Morgan fingerprint density at radius 1 is 1.33 bits per heavy atom. The van der Waals surface area contributed by atoms with Gasteiger partial charge in [0.15, 0.2) is 0 Å². The van der Waals surface area contributed by atoms with Crippen LogP contribution in [0.2, 0.25) is 0 Å². The van der Waals surface area contributed by atoms with Gasteiger partial charge in [0.2, 0.25) is 5.91 Å². The molecule has 2 amide bonds. The molecule has 0 unspecified atom stereocenters. The second kappa shape index (κ2) is 6.89. The second-order valence-corrected chi connectivity index (χ2v) is 3.30. The zero-order chi connectivity index (χ0) is 13.4. The topological polar surface area (TPSA) is 106 Å². The first kappa shape index (κ1) is 13.5. The number of nitrogens with two attached hydrogens (primary N) is 1. The molecule has 0 atom stereocenters. The molecule has 1 aromatic carbocycles. The van der Waals surface area contributed by atoms with Gasteiger partial charge in [-0.25, -0.2) is 4.79 Å². The Bertz CT molecular complexity index is 445. The molecule has 1 rings (SSSR count). The van der Waals surface area contributed by atoms with E-state index < -0.39 is 6.09 Å². The number of rotatable bonds is 4. The maximum absolute atomic E-state index is 11.5. The Kier molecular flexibility index (Phi) is 5.17. The maximum Gasteiger partial charge on any atom is 0.433 e. The number of anilines is 1. The largest absolute Gasteiger partial charge is 0.433 e. The van der Waals surface area contributed by atoms with E-state index in [2.05, 4.69) is 20.6 Å². The van der Waals surface area contributed by atoms with Crippen LogP contribution in [0.3, 0.4) is 0 Å².